The van der Waals surface area contributed by atoms with Crippen LogP contribution in [0, 0.1) is 0 Å². The predicted octanol–water partition coefficient (Wildman–Crippen LogP) is 6.24. The van der Waals surface area contributed by atoms with Crippen molar-refractivity contribution in [3.05, 3.63) is 65.5 Å². The van der Waals surface area contributed by atoms with Crippen molar-refractivity contribution < 1.29 is 14.3 Å². The van der Waals surface area contributed by atoms with Gasteiger partial charge in [0, 0.05) is 10.9 Å². The minimum absolute atomic E-state index is 0.210. The number of hydrogen-bond acceptors (Lipinski definition) is 6. The molecule has 1 aromatic heterocycles. The number of unbranched alkanes of at least 4 members (excludes halogenated alkanes) is 1. The first-order valence-corrected chi connectivity index (χ1v) is 13.1. The van der Waals surface area contributed by atoms with Crippen LogP contribution >= 0.6 is 47.8 Å². The van der Waals surface area contributed by atoms with E-state index in [4.69, 9.17) is 9.47 Å². The quantitative estimate of drug-likeness (QED) is 0.201. The number of aromatic nitrogens is 2. The summed E-state index contributed by atoms with van der Waals surface area (Å²) in [5.74, 6) is 0.629. The molecule has 0 atom stereocenters. The van der Waals surface area contributed by atoms with Crippen molar-refractivity contribution in [3.63, 3.8) is 0 Å². The molecule has 1 heterocycles. The fraction of sp³-hybridized carbons (Fsp3) is 0.333. The Morgan fingerprint density at radius 2 is 1.88 bits per heavy atom. The third-order valence-electron chi connectivity index (χ3n) is 4.67. The van der Waals surface area contributed by atoms with Gasteiger partial charge in [0.25, 0.3) is 5.56 Å². The normalized spacial score (nSPS) is 11.5. The molecule has 7 nitrogen and oxygen atoms in total. The Hall–Kier alpha value is -2.04. The van der Waals surface area contributed by atoms with Gasteiger partial charge in [0.1, 0.15) is 11.6 Å². The summed E-state index contributed by atoms with van der Waals surface area (Å²) in [6.45, 7) is 5.43. The zero-order chi connectivity index (χ0) is 24.8. The molecule has 3 rings (SSSR count). The molecule has 10 heteroatoms. The molecular weight excluding hydrogens is 634 g/mol. The second kappa shape index (κ2) is 12.1. The van der Waals surface area contributed by atoms with E-state index in [9.17, 15) is 9.59 Å². The molecular formula is C24H24Br3N3O4. The van der Waals surface area contributed by atoms with E-state index in [1.807, 2.05) is 12.1 Å². The lowest BCUT2D eigenvalue weighted by Gasteiger charge is -2.12. The molecule has 0 N–H and O–H groups in total. The van der Waals surface area contributed by atoms with Crippen LogP contribution in [0.5, 0.6) is 5.75 Å². The third kappa shape index (κ3) is 6.76. The number of hydrogen-bond donors (Lipinski definition) is 0. The Morgan fingerprint density at radius 1 is 1.18 bits per heavy atom. The van der Waals surface area contributed by atoms with Crippen LogP contribution in [-0.2, 0) is 16.0 Å². The van der Waals surface area contributed by atoms with Crippen molar-refractivity contribution in [3.8, 4) is 5.75 Å². The first-order chi connectivity index (χ1) is 16.2. The van der Waals surface area contributed by atoms with Crippen LogP contribution < -0.4 is 10.3 Å². The summed E-state index contributed by atoms with van der Waals surface area (Å²) < 4.78 is 14.1. The Labute approximate surface area is 222 Å². The minimum atomic E-state index is -0.450. The van der Waals surface area contributed by atoms with Crippen LogP contribution in [0.2, 0.25) is 0 Å². The van der Waals surface area contributed by atoms with Gasteiger partial charge in [-0.25, -0.2) is 9.78 Å². The molecule has 0 aliphatic carbocycles. The van der Waals surface area contributed by atoms with Crippen molar-refractivity contribution in [2.75, 3.05) is 6.61 Å². The number of carbonyl (C=O) groups is 1. The predicted molar refractivity (Wildman–Crippen MR) is 144 cm³/mol. The molecule has 0 spiro atoms. The van der Waals surface area contributed by atoms with E-state index in [-0.39, 0.29) is 18.3 Å². The standard InChI is InChI=1S/C24H24Br3N3O4/c1-4-5-6-21-29-20-8-7-16(25)11-17(20)24(32)30(21)28-12-15-9-18(26)23(19(27)10-15)33-13-22(31)34-14(2)3/h7-12,14H,4-6,13H2,1-3H3. The lowest BCUT2D eigenvalue weighted by molar-refractivity contribution is -0.149. The first-order valence-electron chi connectivity index (χ1n) is 10.8. The summed E-state index contributed by atoms with van der Waals surface area (Å²) in [6.07, 6.45) is 3.89. The maximum absolute atomic E-state index is 13.2. The maximum Gasteiger partial charge on any atom is 0.344 e. The molecule has 34 heavy (non-hydrogen) atoms. The topological polar surface area (TPSA) is 82.8 Å². The Kier molecular flexibility index (Phi) is 9.44. The van der Waals surface area contributed by atoms with Crippen molar-refractivity contribution in [2.24, 2.45) is 5.10 Å². The minimum Gasteiger partial charge on any atom is -0.480 e. The van der Waals surface area contributed by atoms with Crippen LogP contribution in [0.1, 0.15) is 45.0 Å². The fourth-order valence-corrected chi connectivity index (χ4v) is 4.97. The number of rotatable bonds is 9. The summed E-state index contributed by atoms with van der Waals surface area (Å²) in [4.78, 5) is 29.7. The number of fused-ring (bicyclic) bond motifs is 1. The Morgan fingerprint density at radius 3 is 2.53 bits per heavy atom. The molecule has 0 saturated carbocycles. The smallest absolute Gasteiger partial charge is 0.344 e. The van der Waals surface area contributed by atoms with E-state index in [1.165, 1.54) is 4.68 Å². The Balaban J connectivity index is 1.92. The number of aryl methyl sites for hydroxylation is 1. The highest BCUT2D eigenvalue weighted by Gasteiger charge is 2.14. The van der Waals surface area contributed by atoms with Crippen molar-refractivity contribution in [2.45, 2.75) is 46.1 Å². The Bertz CT molecular complexity index is 1270. The van der Waals surface area contributed by atoms with Gasteiger partial charge in [-0.05, 0) is 88.0 Å². The summed E-state index contributed by atoms with van der Waals surface area (Å²) in [7, 11) is 0. The van der Waals surface area contributed by atoms with E-state index in [0.717, 1.165) is 22.9 Å². The van der Waals surface area contributed by atoms with Crippen molar-refractivity contribution in [1.29, 1.82) is 0 Å². The molecule has 3 aromatic rings. The van der Waals surface area contributed by atoms with Crippen molar-refractivity contribution >= 4 is 70.9 Å². The fourth-order valence-electron chi connectivity index (χ4n) is 3.15. The largest absolute Gasteiger partial charge is 0.480 e. The molecule has 180 valence electrons. The van der Waals surface area contributed by atoms with Crippen LogP contribution in [0.3, 0.4) is 0 Å². The van der Waals surface area contributed by atoms with Gasteiger partial charge in [0.15, 0.2) is 6.61 Å². The van der Waals surface area contributed by atoms with Gasteiger partial charge in [-0.2, -0.15) is 9.78 Å². The van der Waals surface area contributed by atoms with E-state index in [1.54, 1.807) is 38.3 Å². The van der Waals surface area contributed by atoms with Gasteiger partial charge in [-0.1, -0.05) is 29.3 Å². The molecule has 0 unspecified atom stereocenters. The van der Waals surface area contributed by atoms with E-state index >= 15 is 0 Å². The first kappa shape index (κ1) is 26.6. The number of carbonyl (C=O) groups excluding carboxylic acids is 1. The molecule has 2 aromatic carbocycles. The zero-order valence-corrected chi connectivity index (χ0v) is 23.7. The molecule has 0 amide bonds. The number of ether oxygens (including phenoxy) is 2. The lowest BCUT2D eigenvalue weighted by Crippen LogP contribution is -2.22. The number of benzene rings is 2. The summed E-state index contributed by atoms with van der Waals surface area (Å²) in [5, 5.41) is 4.96. The maximum atomic E-state index is 13.2. The van der Waals surface area contributed by atoms with Gasteiger partial charge >= 0.3 is 5.97 Å². The lowest BCUT2D eigenvalue weighted by atomic mass is 10.2. The number of esters is 1. The van der Waals surface area contributed by atoms with Gasteiger partial charge < -0.3 is 9.47 Å². The van der Waals surface area contributed by atoms with Crippen LogP contribution in [0.15, 0.2) is 53.6 Å². The molecule has 0 bridgehead atoms. The molecule has 0 aliphatic heterocycles. The summed E-state index contributed by atoms with van der Waals surface area (Å²) in [6, 6.07) is 9.03. The van der Waals surface area contributed by atoms with E-state index < -0.39 is 5.97 Å². The molecule has 0 aliphatic rings. The average Bonchev–Trinajstić information content (AvgIpc) is 2.76. The van der Waals surface area contributed by atoms with Gasteiger partial charge in [0.05, 0.1) is 32.2 Å². The van der Waals surface area contributed by atoms with Crippen LogP contribution in [-0.4, -0.2) is 34.6 Å². The zero-order valence-electron chi connectivity index (χ0n) is 19.0. The number of halogens is 3. The second-order valence-electron chi connectivity index (χ2n) is 7.80. The van der Waals surface area contributed by atoms with E-state index in [0.29, 0.717) is 37.8 Å². The van der Waals surface area contributed by atoms with Crippen LogP contribution in [0.4, 0.5) is 0 Å². The van der Waals surface area contributed by atoms with E-state index in [2.05, 4.69) is 64.8 Å². The monoisotopic (exact) mass is 655 g/mol. The molecule has 0 saturated heterocycles. The highest BCUT2D eigenvalue weighted by molar-refractivity contribution is 9.11. The van der Waals surface area contributed by atoms with Gasteiger partial charge in [-0.15, -0.1) is 0 Å². The molecule has 0 radical (unpaired) electrons. The highest BCUT2D eigenvalue weighted by Crippen LogP contribution is 2.34. The molecule has 0 fully saturated rings. The van der Waals surface area contributed by atoms with Crippen LogP contribution in [0.25, 0.3) is 10.9 Å². The van der Waals surface area contributed by atoms with Gasteiger partial charge in [0.2, 0.25) is 0 Å². The third-order valence-corrected chi connectivity index (χ3v) is 6.35. The summed E-state index contributed by atoms with van der Waals surface area (Å²) >= 11 is 10.4. The second-order valence-corrected chi connectivity index (χ2v) is 10.4. The summed E-state index contributed by atoms with van der Waals surface area (Å²) in [5.41, 5.74) is 1.14. The average molecular weight is 658 g/mol. The van der Waals surface area contributed by atoms with Gasteiger partial charge in [-0.3, -0.25) is 4.79 Å². The number of nitrogens with zero attached hydrogens (tertiary/aromatic N) is 3. The van der Waals surface area contributed by atoms with Crippen molar-refractivity contribution in [1.82, 2.24) is 9.66 Å². The highest BCUT2D eigenvalue weighted by atomic mass is 79.9. The SMILES string of the molecule is CCCCc1nc2ccc(Br)cc2c(=O)n1N=Cc1cc(Br)c(OCC(=O)OC(C)C)c(Br)c1.